The number of halogens is 2. The smallest absolute Gasteiger partial charge is 0.319 e. The molecule has 8 rings (SSSR count). The molecule has 4 atom stereocenters. The van der Waals surface area contributed by atoms with Crippen LogP contribution in [0.4, 0.5) is 14.6 Å². The van der Waals surface area contributed by atoms with Crippen LogP contribution in [-0.2, 0) is 4.74 Å². The summed E-state index contributed by atoms with van der Waals surface area (Å²) < 4.78 is 50.0. The van der Waals surface area contributed by atoms with Crippen molar-refractivity contribution >= 4 is 35.6 Å². The molecule has 8 nitrogen and oxygen atoms in total. The number of rotatable bonds is 11. The van der Waals surface area contributed by atoms with Crippen LogP contribution in [0.25, 0.3) is 32.9 Å². The standard InChI is InChI=1S/C45H57F2N5O3Si/c1-28(2)56(29(3)4,30(5)6)17-14-33-10-8-11-34-19-36(55-27-53-7)20-37(39(33)34)41-40(47)42-38(22-48-41)43(51-23-31-12-13-32(18-31)24-51)50-44(49-42)54-26-45-15-9-16-52(45)25-35(46)21-45/h8,10-11,19-20,22,28-32,35H,9,12-13,15-16,18,21,23-27H2,1-7H3/t31?,32?,35-,45+/m1/s1. The Morgan fingerprint density at radius 2 is 1.73 bits per heavy atom. The minimum Gasteiger partial charge on any atom is -0.468 e. The Bertz CT molecular complexity index is 2140. The normalized spacial score (nSPS) is 23.8. The van der Waals surface area contributed by atoms with Crippen molar-refractivity contribution in [3.05, 3.63) is 47.9 Å². The first-order chi connectivity index (χ1) is 26.9. The van der Waals surface area contributed by atoms with E-state index in [0.29, 0.717) is 63.9 Å². The highest BCUT2D eigenvalue weighted by atomic mass is 28.3. The fraction of sp³-hybridized carbons (Fsp3) is 0.578. The van der Waals surface area contributed by atoms with E-state index in [1.54, 1.807) is 13.3 Å². The highest BCUT2D eigenvalue weighted by Crippen LogP contribution is 2.44. The number of alkyl halides is 1. The summed E-state index contributed by atoms with van der Waals surface area (Å²) in [6.07, 6.45) is 6.75. The lowest BCUT2D eigenvalue weighted by Gasteiger charge is -2.38. The maximum atomic E-state index is 17.6. The van der Waals surface area contributed by atoms with Crippen LogP contribution >= 0.6 is 0 Å². The summed E-state index contributed by atoms with van der Waals surface area (Å²) in [5.41, 5.74) is 6.60. The molecule has 2 unspecified atom stereocenters. The molecule has 4 fully saturated rings. The summed E-state index contributed by atoms with van der Waals surface area (Å²) in [5.74, 6) is 5.45. The predicted molar refractivity (Wildman–Crippen MR) is 222 cm³/mol. The molecule has 2 bridgehead atoms. The van der Waals surface area contributed by atoms with Gasteiger partial charge >= 0.3 is 6.01 Å². The lowest BCUT2D eigenvalue weighted by molar-refractivity contribution is 0.0512. The van der Waals surface area contributed by atoms with Crippen molar-refractivity contribution in [3.63, 3.8) is 0 Å². The van der Waals surface area contributed by atoms with E-state index in [1.165, 1.54) is 19.3 Å². The number of aromatic nitrogens is 3. The van der Waals surface area contributed by atoms with Gasteiger partial charge in [0.25, 0.3) is 0 Å². The van der Waals surface area contributed by atoms with Crippen LogP contribution in [0, 0.1) is 29.1 Å². The molecule has 5 heterocycles. The summed E-state index contributed by atoms with van der Waals surface area (Å²) in [6, 6.07) is 9.95. The third kappa shape index (κ3) is 6.94. The van der Waals surface area contributed by atoms with Crippen LogP contribution in [0.1, 0.15) is 85.6 Å². The van der Waals surface area contributed by atoms with Gasteiger partial charge in [-0.25, -0.2) is 8.78 Å². The molecule has 2 aromatic heterocycles. The third-order valence-corrected chi connectivity index (χ3v) is 19.9. The molecule has 3 saturated heterocycles. The van der Waals surface area contributed by atoms with E-state index in [-0.39, 0.29) is 36.2 Å². The van der Waals surface area contributed by atoms with E-state index in [4.69, 9.17) is 29.2 Å². The first-order valence-electron chi connectivity index (χ1n) is 20.8. The zero-order chi connectivity index (χ0) is 39.4. The second-order valence-corrected chi connectivity index (χ2v) is 23.5. The van der Waals surface area contributed by atoms with E-state index in [2.05, 4.69) is 62.8 Å². The van der Waals surface area contributed by atoms with Gasteiger partial charge in [-0.2, -0.15) is 9.97 Å². The topological polar surface area (TPSA) is 72.8 Å². The number of ether oxygens (including phenoxy) is 3. The number of anilines is 1. The monoisotopic (exact) mass is 781 g/mol. The minimum atomic E-state index is -2.09. The number of piperidine rings is 1. The fourth-order valence-corrected chi connectivity index (χ4v) is 16.3. The summed E-state index contributed by atoms with van der Waals surface area (Å²) >= 11 is 0. The zero-order valence-corrected chi connectivity index (χ0v) is 35.1. The van der Waals surface area contributed by atoms with E-state index in [9.17, 15) is 4.39 Å². The van der Waals surface area contributed by atoms with Crippen molar-refractivity contribution in [1.82, 2.24) is 19.9 Å². The number of hydrogen-bond donors (Lipinski definition) is 0. The van der Waals surface area contributed by atoms with Gasteiger partial charge in [-0.1, -0.05) is 59.6 Å². The molecule has 4 aromatic rings. The molecule has 1 aliphatic carbocycles. The maximum absolute atomic E-state index is 17.6. The van der Waals surface area contributed by atoms with Crippen LogP contribution in [0.15, 0.2) is 36.5 Å². The van der Waals surface area contributed by atoms with Gasteiger partial charge < -0.3 is 19.1 Å². The van der Waals surface area contributed by atoms with Gasteiger partial charge in [0.05, 0.1) is 10.9 Å². The first-order valence-corrected chi connectivity index (χ1v) is 23.0. The van der Waals surface area contributed by atoms with Crippen LogP contribution in [0.5, 0.6) is 11.8 Å². The number of benzene rings is 2. The average molecular weight is 782 g/mol. The highest BCUT2D eigenvalue weighted by molar-refractivity contribution is 6.90. The summed E-state index contributed by atoms with van der Waals surface area (Å²) in [6.45, 7) is 17.1. The minimum absolute atomic E-state index is 0.0422. The Morgan fingerprint density at radius 1 is 0.982 bits per heavy atom. The molecule has 2 aromatic carbocycles. The molecule has 0 N–H and O–H groups in total. The van der Waals surface area contributed by atoms with Crippen molar-refractivity contribution in [2.24, 2.45) is 11.8 Å². The van der Waals surface area contributed by atoms with Crippen molar-refractivity contribution in [1.29, 1.82) is 0 Å². The lowest BCUT2D eigenvalue weighted by Crippen LogP contribution is -2.43. The SMILES string of the molecule is COCOc1cc(-c2ncc3c(N4CC5CCC(C5)C4)nc(OC[C@@]45CCCN4C[C@H](F)C5)nc3c2F)c2c(C#C[Si](C(C)C)(C(C)C)C(C)C)cccc2c1. The highest BCUT2D eigenvalue weighted by Gasteiger charge is 2.49. The number of fused-ring (bicyclic) bond motifs is 5. The Balaban J connectivity index is 1.29. The maximum Gasteiger partial charge on any atom is 0.319 e. The van der Waals surface area contributed by atoms with Crippen LogP contribution in [0.2, 0.25) is 16.6 Å². The Kier molecular flexibility index (Phi) is 10.8. The summed E-state index contributed by atoms with van der Waals surface area (Å²) in [4.78, 5) is 19.2. The van der Waals surface area contributed by atoms with Gasteiger partial charge in [0.2, 0.25) is 0 Å². The Morgan fingerprint density at radius 3 is 2.45 bits per heavy atom. The van der Waals surface area contributed by atoms with Crippen LogP contribution in [-0.4, -0.2) is 86.3 Å². The van der Waals surface area contributed by atoms with Gasteiger partial charge in [0.1, 0.15) is 43.6 Å². The number of methoxy groups -OCH3 is 1. The molecule has 4 aliphatic rings. The van der Waals surface area contributed by atoms with Crippen molar-refractivity contribution in [3.8, 4) is 34.5 Å². The van der Waals surface area contributed by atoms with E-state index >= 15 is 4.39 Å². The largest absolute Gasteiger partial charge is 0.468 e. The Labute approximate surface area is 331 Å². The van der Waals surface area contributed by atoms with E-state index in [0.717, 1.165) is 48.8 Å². The molecule has 0 spiro atoms. The van der Waals surface area contributed by atoms with E-state index < -0.39 is 20.1 Å². The fourth-order valence-electron chi connectivity index (χ4n) is 11.1. The molecule has 0 amide bonds. The van der Waals surface area contributed by atoms with Gasteiger partial charge in [-0.05, 0) is 90.7 Å². The van der Waals surface area contributed by atoms with Crippen molar-refractivity contribution < 1.29 is 23.0 Å². The summed E-state index contributed by atoms with van der Waals surface area (Å²) in [5, 5.41) is 2.24. The second kappa shape index (κ2) is 15.5. The molecular weight excluding hydrogens is 725 g/mol. The quantitative estimate of drug-likeness (QED) is 0.0847. The van der Waals surface area contributed by atoms with Gasteiger partial charge in [0.15, 0.2) is 12.6 Å². The van der Waals surface area contributed by atoms with Crippen molar-refractivity contribution in [2.45, 2.75) is 108 Å². The molecule has 11 heteroatoms. The van der Waals surface area contributed by atoms with Crippen LogP contribution < -0.4 is 14.4 Å². The lowest BCUT2D eigenvalue weighted by atomic mass is 9.95. The first kappa shape index (κ1) is 39.0. The number of nitrogens with zero attached hydrogens (tertiary/aromatic N) is 5. The summed E-state index contributed by atoms with van der Waals surface area (Å²) in [7, 11) is -0.512. The van der Waals surface area contributed by atoms with Crippen molar-refractivity contribution in [2.75, 3.05) is 51.6 Å². The average Bonchev–Trinajstić information content (AvgIpc) is 3.82. The molecule has 3 aliphatic heterocycles. The Hall–Kier alpha value is -3.85. The van der Waals surface area contributed by atoms with Gasteiger partial charge in [-0.15, -0.1) is 5.54 Å². The van der Waals surface area contributed by atoms with Gasteiger partial charge in [-0.3, -0.25) is 9.88 Å². The molecule has 0 radical (unpaired) electrons. The van der Waals surface area contributed by atoms with E-state index in [1.807, 2.05) is 30.3 Å². The van der Waals surface area contributed by atoms with Gasteiger partial charge in [0, 0.05) is 55.9 Å². The van der Waals surface area contributed by atoms with Crippen LogP contribution in [0.3, 0.4) is 0 Å². The molecular formula is C45H57F2N5O3Si. The molecule has 1 saturated carbocycles. The predicted octanol–water partition coefficient (Wildman–Crippen LogP) is 9.73. The third-order valence-electron chi connectivity index (χ3n) is 13.6. The zero-order valence-electron chi connectivity index (χ0n) is 34.1. The second-order valence-electron chi connectivity index (χ2n) is 17.9. The number of pyridine rings is 1. The molecule has 298 valence electrons. The number of hydrogen-bond acceptors (Lipinski definition) is 8. The molecule has 56 heavy (non-hydrogen) atoms.